The second-order valence-electron chi connectivity index (χ2n) is 8.31. The highest BCUT2D eigenvalue weighted by atomic mass is 32.2. The van der Waals surface area contributed by atoms with Gasteiger partial charge in [0.05, 0.1) is 6.42 Å². The highest BCUT2D eigenvalue weighted by Gasteiger charge is 2.21. The zero-order chi connectivity index (χ0) is 22.6. The smallest absolute Gasteiger partial charge is 0.259 e. The number of hydrogen-bond acceptors (Lipinski definition) is 4. The Morgan fingerprint density at radius 2 is 1.83 bits per heavy atom. The molecule has 0 unspecified atom stereocenters. The molecule has 1 amide bonds. The van der Waals surface area contributed by atoms with E-state index >= 15 is 0 Å². The fraction of sp³-hybridized carbons (Fsp3) is 0.455. The van der Waals surface area contributed by atoms with Gasteiger partial charge >= 0.3 is 0 Å². The molecule has 164 valence electrons. The first-order valence-electron chi connectivity index (χ1n) is 9.91. The van der Waals surface area contributed by atoms with Crippen molar-refractivity contribution in [3.8, 4) is 0 Å². The van der Waals surface area contributed by atoms with E-state index < -0.39 is 15.8 Å². The lowest BCUT2D eigenvalue weighted by molar-refractivity contribution is -0.117. The Hall–Kier alpha value is -2.16. The standard InChI is InChI=1S/C22H31FN4O2S/c1-14(2)17-8-9-19(23)22(15(3)4)18(17)11-20(28)26-30(24,29)21-10-7-16(12-25-21)13-27(5)6/h7-10,12,14-15H,11,13H2,1-6H3,(H2,24,26,28,29)/t30-/m0/s1. The van der Waals surface area contributed by atoms with Gasteiger partial charge in [0.1, 0.15) is 5.82 Å². The number of nitrogens with two attached hydrogens (primary N) is 1. The van der Waals surface area contributed by atoms with Gasteiger partial charge in [0.25, 0.3) is 5.91 Å². The quantitative estimate of drug-likeness (QED) is 0.713. The second-order valence-corrected chi connectivity index (χ2v) is 10.0. The number of nitrogens with zero attached hydrogens (tertiary/aromatic N) is 3. The number of benzene rings is 1. The van der Waals surface area contributed by atoms with Gasteiger partial charge < -0.3 is 4.90 Å². The van der Waals surface area contributed by atoms with Crippen molar-refractivity contribution in [3.05, 3.63) is 58.5 Å². The first-order chi connectivity index (χ1) is 13.9. The van der Waals surface area contributed by atoms with Crippen LogP contribution >= 0.6 is 0 Å². The molecule has 30 heavy (non-hydrogen) atoms. The summed E-state index contributed by atoms with van der Waals surface area (Å²) in [5, 5.41) is 5.91. The van der Waals surface area contributed by atoms with E-state index in [1.165, 1.54) is 12.1 Å². The predicted octanol–water partition coefficient (Wildman–Crippen LogP) is 4.00. The van der Waals surface area contributed by atoms with E-state index in [0.717, 1.165) is 11.1 Å². The van der Waals surface area contributed by atoms with Crippen molar-refractivity contribution >= 4 is 15.8 Å². The number of carbonyl (C=O) groups excluding carboxylic acids is 1. The van der Waals surface area contributed by atoms with Crippen molar-refractivity contribution in [1.29, 1.82) is 0 Å². The van der Waals surface area contributed by atoms with Crippen molar-refractivity contribution in [2.45, 2.75) is 57.5 Å². The van der Waals surface area contributed by atoms with E-state index in [1.807, 2.05) is 46.7 Å². The Kier molecular flexibility index (Phi) is 7.85. The molecule has 0 saturated heterocycles. The molecule has 0 aliphatic carbocycles. The summed E-state index contributed by atoms with van der Waals surface area (Å²) in [5.41, 5.74) is 2.88. The third kappa shape index (κ3) is 5.93. The van der Waals surface area contributed by atoms with Gasteiger partial charge in [0.15, 0.2) is 14.9 Å². The number of halogens is 1. The monoisotopic (exact) mass is 434 g/mol. The molecule has 1 heterocycles. The lowest BCUT2D eigenvalue weighted by Crippen LogP contribution is -2.18. The van der Waals surface area contributed by atoms with Crippen LogP contribution in [-0.4, -0.2) is 34.1 Å². The SMILES string of the molecule is CC(C)c1ccc(F)c(C(C)C)c1CC(=O)N=[S@](N)(=O)c1ccc(CN(C)C)cn1. The molecule has 2 N–H and O–H groups in total. The van der Waals surface area contributed by atoms with Crippen LogP contribution in [0.3, 0.4) is 0 Å². The molecule has 1 aromatic carbocycles. The minimum absolute atomic E-state index is 0.0470. The van der Waals surface area contributed by atoms with Gasteiger partial charge in [0, 0.05) is 12.7 Å². The maximum absolute atomic E-state index is 14.5. The summed E-state index contributed by atoms with van der Waals surface area (Å²) in [6.07, 6.45) is 1.41. The molecule has 0 bridgehead atoms. The van der Waals surface area contributed by atoms with Gasteiger partial charge in [-0.2, -0.15) is 0 Å². The Morgan fingerprint density at radius 1 is 1.17 bits per heavy atom. The number of pyridine rings is 1. The Bertz CT molecular complexity index is 1020. The highest BCUT2D eigenvalue weighted by molar-refractivity contribution is 7.91. The Balaban J connectivity index is 2.39. The summed E-state index contributed by atoms with van der Waals surface area (Å²) in [6, 6.07) is 6.41. The molecule has 0 spiro atoms. The van der Waals surface area contributed by atoms with Crippen LogP contribution in [0.15, 0.2) is 39.9 Å². The van der Waals surface area contributed by atoms with Gasteiger partial charge in [0.2, 0.25) is 0 Å². The fourth-order valence-corrected chi connectivity index (χ4v) is 4.37. The van der Waals surface area contributed by atoms with Gasteiger partial charge in [-0.25, -0.2) is 18.7 Å². The normalized spacial score (nSPS) is 13.7. The number of amides is 1. The fourth-order valence-electron chi connectivity index (χ4n) is 3.44. The van der Waals surface area contributed by atoms with Crippen LogP contribution in [0.1, 0.15) is 61.8 Å². The molecular formula is C22H31FN4O2S. The summed E-state index contributed by atoms with van der Waals surface area (Å²) >= 11 is 0. The first kappa shape index (κ1) is 24.1. The van der Waals surface area contributed by atoms with E-state index in [4.69, 9.17) is 5.14 Å². The summed E-state index contributed by atoms with van der Waals surface area (Å²) in [6.45, 7) is 8.38. The minimum atomic E-state index is -3.49. The maximum atomic E-state index is 14.5. The second kappa shape index (κ2) is 9.76. The van der Waals surface area contributed by atoms with Crippen LogP contribution in [0.2, 0.25) is 0 Å². The molecule has 1 atom stereocenters. The molecule has 0 aliphatic rings. The third-order valence-corrected chi connectivity index (χ3v) is 6.02. The molecule has 6 nitrogen and oxygen atoms in total. The molecule has 0 fully saturated rings. The summed E-state index contributed by atoms with van der Waals surface area (Å²) in [5.74, 6) is -1.03. The number of hydrogen-bond donors (Lipinski definition) is 1. The third-order valence-electron chi connectivity index (χ3n) is 4.70. The van der Waals surface area contributed by atoms with Crippen molar-refractivity contribution < 1.29 is 13.4 Å². The van der Waals surface area contributed by atoms with E-state index in [2.05, 4.69) is 9.35 Å². The summed E-state index contributed by atoms with van der Waals surface area (Å²) in [7, 11) is 0.361. The molecule has 0 saturated carbocycles. The zero-order valence-corrected chi connectivity index (χ0v) is 19.3. The van der Waals surface area contributed by atoms with E-state index in [9.17, 15) is 13.4 Å². The molecular weight excluding hydrogens is 403 g/mol. The lowest BCUT2D eigenvalue weighted by Gasteiger charge is -2.19. The van der Waals surface area contributed by atoms with Crippen LogP contribution in [0, 0.1) is 5.82 Å². The molecule has 0 aliphatic heterocycles. The van der Waals surface area contributed by atoms with Crippen molar-refractivity contribution in [3.63, 3.8) is 0 Å². The van der Waals surface area contributed by atoms with Crippen LogP contribution in [-0.2, 0) is 27.7 Å². The maximum Gasteiger partial charge on any atom is 0.259 e. The highest BCUT2D eigenvalue weighted by Crippen LogP contribution is 2.30. The molecule has 2 rings (SSSR count). The topological polar surface area (TPSA) is 88.7 Å². The molecule has 0 radical (unpaired) electrons. The van der Waals surface area contributed by atoms with Crippen LogP contribution in [0.5, 0.6) is 0 Å². The van der Waals surface area contributed by atoms with Crippen LogP contribution < -0.4 is 5.14 Å². The average molecular weight is 435 g/mol. The average Bonchev–Trinajstić information content (AvgIpc) is 2.60. The van der Waals surface area contributed by atoms with E-state index in [1.54, 1.807) is 18.3 Å². The van der Waals surface area contributed by atoms with Crippen LogP contribution in [0.25, 0.3) is 0 Å². The number of rotatable bonds is 7. The van der Waals surface area contributed by atoms with Gasteiger partial charge in [-0.1, -0.05) is 39.8 Å². The van der Waals surface area contributed by atoms with Crippen molar-refractivity contribution in [2.24, 2.45) is 9.50 Å². The minimum Gasteiger partial charge on any atom is -0.305 e. The largest absolute Gasteiger partial charge is 0.305 e. The van der Waals surface area contributed by atoms with Gasteiger partial charge in [-0.15, -0.1) is 4.36 Å². The number of carbonyl (C=O) groups is 1. The molecule has 1 aromatic heterocycles. The first-order valence-corrected chi connectivity index (χ1v) is 11.5. The zero-order valence-electron chi connectivity index (χ0n) is 18.5. The Labute approximate surface area is 179 Å². The van der Waals surface area contributed by atoms with E-state index in [-0.39, 0.29) is 29.1 Å². The van der Waals surface area contributed by atoms with Crippen molar-refractivity contribution in [1.82, 2.24) is 9.88 Å². The van der Waals surface area contributed by atoms with E-state index in [0.29, 0.717) is 17.7 Å². The van der Waals surface area contributed by atoms with Crippen LogP contribution in [0.4, 0.5) is 4.39 Å². The Morgan fingerprint density at radius 3 is 2.33 bits per heavy atom. The molecule has 8 heteroatoms. The van der Waals surface area contributed by atoms with Crippen molar-refractivity contribution in [2.75, 3.05) is 14.1 Å². The summed E-state index contributed by atoms with van der Waals surface area (Å²) < 4.78 is 31.1. The predicted molar refractivity (Wildman–Crippen MR) is 118 cm³/mol. The summed E-state index contributed by atoms with van der Waals surface area (Å²) in [4.78, 5) is 18.8. The van der Waals surface area contributed by atoms with Gasteiger partial charge in [-0.05, 0) is 60.3 Å². The number of aromatic nitrogens is 1. The van der Waals surface area contributed by atoms with Gasteiger partial charge in [-0.3, -0.25) is 4.79 Å². The molecule has 2 aromatic rings. The lowest BCUT2D eigenvalue weighted by atomic mass is 9.86.